The summed E-state index contributed by atoms with van der Waals surface area (Å²) in [6.07, 6.45) is 5.51. The number of pyridine rings is 3. The van der Waals surface area contributed by atoms with Gasteiger partial charge in [0.25, 0.3) is 0 Å². The van der Waals surface area contributed by atoms with E-state index in [-0.39, 0.29) is 0 Å². The number of fused-ring (bicyclic) bond motifs is 2. The highest BCUT2D eigenvalue weighted by molar-refractivity contribution is 7.08. The van der Waals surface area contributed by atoms with Crippen molar-refractivity contribution in [3.63, 3.8) is 0 Å². The lowest BCUT2D eigenvalue weighted by molar-refractivity contribution is 0.724. The Hall–Kier alpha value is -3.95. The molecule has 6 heterocycles. The molecule has 0 aromatic carbocycles. The fraction of sp³-hybridized carbons (Fsp3) is 0.125. The van der Waals surface area contributed by atoms with E-state index in [1.54, 1.807) is 17.5 Å². The van der Waals surface area contributed by atoms with E-state index < -0.39 is 0 Å². The van der Waals surface area contributed by atoms with Crippen molar-refractivity contribution in [1.82, 2.24) is 40.4 Å². The summed E-state index contributed by atoms with van der Waals surface area (Å²) >= 11 is 1.66. The van der Waals surface area contributed by atoms with Gasteiger partial charge in [0.05, 0.1) is 11.2 Å². The minimum atomic E-state index is 0.634. The smallest absolute Gasteiger partial charge is 0.162 e. The second-order valence-corrected chi connectivity index (χ2v) is 8.46. The lowest BCUT2D eigenvalue weighted by Gasteiger charge is -2.05. The van der Waals surface area contributed by atoms with E-state index in [1.807, 2.05) is 30.6 Å². The van der Waals surface area contributed by atoms with Crippen molar-refractivity contribution in [3.8, 4) is 33.9 Å². The van der Waals surface area contributed by atoms with E-state index in [4.69, 9.17) is 9.97 Å². The first-order valence-corrected chi connectivity index (χ1v) is 11.6. The van der Waals surface area contributed by atoms with Gasteiger partial charge >= 0.3 is 0 Å². The van der Waals surface area contributed by atoms with Crippen LogP contribution < -0.4 is 5.32 Å². The Labute approximate surface area is 193 Å². The number of aromatic nitrogens is 7. The highest BCUT2D eigenvalue weighted by Crippen LogP contribution is 2.31. The van der Waals surface area contributed by atoms with Crippen LogP contribution in [-0.2, 0) is 6.54 Å². The summed E-state index contributed by atoms with van der Waals surface area (Å²) in [5, 5.41) is 15.1. The summed E-state index contributed by atoms with van der Waals surface area (Å²) in [6.45, 7) is 3.77. The molecule has 6 rings (SSSR count). The standard InChI is InChI=1S/C24H20N8S/c1-2-25-10-14-9-16(12-26-11-14)18-3-4-19-21(28-18)22(32-31-19)24-29-20-17(15-6-8-33-13-15)5-7-27-23(20)30-24/h3-9,11-13,25H,2,10H2,1H3,(H,31,32)(H,27,29,30). The molecule has 6 aromatic rings. The van der Waals surface area contributed by atoms with Crippen LogP contribution in [0.25, 0.3) is 56.1 Å². The quantitative estimate of drug-likeness (QED) is 0.335. The summed E-state index contributed by atoms with van der Waals surface area (Å²) in [7, 11) is 0. The van der Waals surface area contributed by atoms with Crippen LogP contribution in [-0.4, -0.2) is 41.7 Å². The first-order chi connectivity index (χ1) is 16.3. The van der Waals surface area contributed by atoms with E-state index in [9.17, 15) is 0 Å². The lowest BCUT2D eigenvalue weighted by atomic mass is 10.1. The maximum absolute atomic E-state index is 4.91. The molecule has 33 heavy (non-hydrogen) atoms. The number of nitrogens with one attached hydrogen (secondary N) is 3. The summed E-state index contributed by atoms with van der Waals surface area (Å²) in [4.78, 5) is 22.0. The summed E-state index contributed by atoms with van der Waals surface area (Å²) in [6, 6.07) is 10.2. The zero-order valence-corrected chi connectivity index (χ0v) is 18.6. The Balaban J connectivity index is 1.44. The normalized spacial score (nSPS) is 11.5. The van der Waals surface area contributed by atoms with Gasteiger partial charge in [-0.15, -0.1) is 0 Å². The van der Waals surface area contributed by atoms with Gasteiger partial charge in [0.2, 0.25) is 0 Å². The number of thiophene rings is 1. The fourth-order valence-corrected chi connectivity index (χ4v) is 4.55. The van der Waals surface area contributed by atoms with E-state index in [2.05, 4.69) is 60.3 Å². The first kappa shape index (κ1) is 19.7. The van der Waals surface area contributed by atoms with Crippen molar-refractivity contribution >= 4 is 33.5 Å². The third-order valence-corrected chi connectivity index (χ3v) is 6.20. The first-order valence-electron chi connectivity index (χ1n) is 10.7. The number of imidazole rings is 1. The summed E-state index contributed by atoms with van der Waals surface area (Å²) in [5.41, 5.74) is 8.89. The molecule has 6 aromatic heterocycles. The van der Waals surface area contributed by atoms with Gasteiger partial charge in [0.1, 0.15) is 11.0 Å². The third kappa shape index (κ3) is 3.57. The molecule has 0 bridgehead atoms. The van der Waals surface area contributed by atoms with Gasteiger partial charge in [-0.3, -0.25) is 10.1 Å². The molecular formula is C24H20N8S. The molecule has 3 N–H and O–H groups in total. The maximum Gasteiger partial charge on any atom is 0.162 e. The average molecular weight is 453 g/mol. The molecule has 0 amide bonds. The Kier molecular flexibility index (Phi) is 4.89. The SMILES string of the molecule is CCNCc1cncc(-c2ccc3[nH]nc(-c4nc5c(-c6ccsc6)ccnc5[nH]4)c3n2)c1. The van der Waals surface area contributed by atoms with Gasteiger partial charge in [0.15, 0.2) is 17.2 Å². The lowest BCUT2D eigenvalue weighted by Crippen LogP contribution is -2.11. The largest absolute Gasteiger partial charge is 0.321 e. The molecule has 0 radical (unpaired) electrons. The minimum Gasteiger partial charge on any atom is -0.321 e. The van der Waals surface area contributed by atoms with Crippen molar-refractivity contribution in [2.45, 2.75) is 13.5 Å². The van der Waals surface area contributed by atoms with E-state index in [1.165, 1.54) is 0 Å². The number of hydrogen-bond donors (Lipinski definition) is 3. The van der Waals surface area contributed by atoms with Crippen molar-refractivity contribution < 1.29 is 0 Å². The van der Waals surface area contributed by atoms with Crippen molar-refractivity contribution in [2.24, 2.45) is 0 Å². The van der Waals surface area contributed by atoms with Crippen molar-refractivity contribution in [1.29, 1.82) is 0 Å². The molecule has 162 valence electrons. The van der Waals surface area contributed by atoms with Crippen LogP contribution in [0.1, 0.15) is 12.5 Å². The number of nitrogens with zero attached hydrogens (tertiary/aromatic N) is 5. The fourth-order valence-electron chi connectivity index (χ4n) is 3.89. The maximum atomic E-state index is 4.91. The highest BCUT2D eigenvalue weighted by Gasteiger charge is 2.17. The van der Waals surface area contributed by atoms with Crippen LogP contribution in [0.2, 0.25) is 0 Å². The van der Waals surface area contributed by atoms with Crippen LogP contribution in [0.3, 0.4) is 0 Å². The Bertz CT molecular complexity index is 1560. The third-order valence-electron chi connectivity index (χ3n) is 5.52. The molecule has 0 unspecified atom stereocenters. The molecule has 0 fully saturated rings. The van der Waals surface area contributed by atoms with E-state index in [0.29, 0.717) is 11.5 Å². The van der Waals surface area contributed by atoms with Crippen molar-refractivity contribution in [3.05, 3.63) is 65.2 Å². The monoisotopic (exact) mass is 452 g/mol. The van der Waals surface area contributed by atoms with Gasteiger partial charge in [-0.1, -0.05) is 6.92 Å². The number of hydrogen-bond acceptors (Lipinski definition) is 7. The molecule has 0 aliphatic heterocycles. The molecule has 9 heteroatoms. The zero-order chi connectivity index (χ0) is 22.2. The Morgan fingerprint density at radius 3 is 2.88 bits per heavy atom. The van der Waals surface area contributed by atoms with Gasteiger partial charge in [0, 0.05) is 36.3 Å². The topological polar surface area (TPSA) is 108 Å². The molecule has 0 saturated carbocycles. The van der Waals surface area contributed by atoms with Crippen LogP contribution >= 0.6 is 11.3 Å². The number of rotatable bonds is 6. The Morgan fingerprint density at radius 2 is 2.00 bits per heavy atom. The summed E-state index contributed by atoms with van der Waals surface area (Å²) < 4.78 is 0. The second kappa shape index (κ2) is 8.19. The highest BCUT2D eigenvalue weighted by atomic mass is 32.1. The number of H-pyrrole nitrogens is 2. The molecule has 0 atom stereocenters. The van der Waals surface area contributed by atoms with Crippen LogP contribution in [0.4, 0.5) is 0 Å². The predicted molar refractivity (Wildman–Crippen MR) is 131 cm³/mol. The zero-order valence-electron chi connectivity index (χ0n) is 17.8. The number of aromatic amines is 2. The molecule has 0 aliphatic carbocycles. The van der Waals surface area contributed by atoms with Gasteiger partial charge in [-0.25, -0.2) is 15.0 Å². The van der Waals surface area contributed by atoms with Crippen LogP contribution in [0.5, 0.6) is 0 Å². The predicted octanol–water partition coefficient (Wildman–Crippen LogP) is 4.80. The summed E-state index contributed by atoms with van der Waals surface area (Å²) in [5.74, 6) is 0.634. The molecule has 0 aliphatic rings. The minimum absolute atomic E-state index is 0.634. The Morgan fingerprint density at radius 1 is 1.03 bits per heavy atom. The van der Waals surface area contributed by atoms with Crippen LogP contribution in [0, 0.1) is 0 Å². The molecular weight excluding hydrogens is 432 g/mol. The van der Waals surface area contributed by atoms with Crippen LogP contribution in [0.15, 0.2) is 59.7 Å². The van der Waals surface area contributed by atoms with Gasteiger partial charge in [-0.2, -0.15) is 16.4 Å². The van der Waals surface area contributed by atoms with E-state index >= 15 is 0 Å². The average Bonchev–Trinajstić information content (AvgIpc) is 3.61. The molecule has 0 spiro atoms. The van der Waals surface area contributed by atoms with Gasteiger partial charge in [-0.05, 0) is 58.8 Å². The van der Waals surface area contributed by atoms with E-state index in [0.717, 1.165) is 63.2 Å². The molecule has 0 saturated heterocycles. The van der Waals surface area contributed by atoms with Crippen molar-refractivity contribution in [2.75, 3.05) is 6.54 Å². The second-order valence-electron chi connectivity index (χ2n) is 7.68. The van der Waals surface area contributed by atoms with Gasteiger partial charge < -0.3 is 10.3 Å². The molecule has 8 nitrogen and oxygen atoms in total.